The first-order valence-corrected chi connectivity index (χ1v) is 31.5. The summed E-state index contributed by atoms with van der Waals surface area (Å²) in [5, 5.41) is 25.5. The van der Waals surface area contributed by atoms with Crippen molar-refractivity contribution in [1.29, 1.82) is 0 Å². The lowest BCUT2D eigenvalue weighted by Gasteiger charge is -2.33. The minimum Gasteiger partial charge on any atom is -0.491 e. The van der Waals surface area contributed by atoms with Crippen molar-refractivity contribution in [3.63, 3.8) is 0 Å². The molecule has 0 saturated carbocycles. The molecule has 4 aliphatic heterocycles. The molecule has 0 amide bonds. The van der Waals surface area contributed by atoms with Gasteiger partial charge in [-0.05, 0) is 91.1 Å². The molecule has 0 atom stereocenters. The molecule has 0 N–H and O–H groups in total. The summed E-state index contributed by atoms with van der Waals surface area (Å²) in [6.07, 6.45) is 3.18. The molecule has 0 saturated heterocycles. The van der Waals surface area contributed by atoms with Gasteiger partial charge in [0, 0.05) is 36.8 Å². The Morgan fingerprint density at radius 3 is 0.744 bits per heavy atom. The van der Waals surface area contributed by atoms with E-state index in [0.717, 1.165) is 56.0 Å². The zero-order valence-corrected chi connectivity index (χ0v) is 54.2. The normalized spacial score (nSPS) is 16.5. The third-order valence-electron chi connectivity index (χ3n) is 16.0. The molecule has 4 heterocycles. The number of nitro groups is 2. The molecule has 0 aromatic heterocycles. The summed E-state index contributed by atoms with van der Waals surface area (Å²) in [6.45, 7) is 23.8. The smallest absolute Gasteiger partial charge is 0.277 e. The fraction of sp³-hybridized carbons (Fsp3) is 0.500. The minimum absolute atomic E-state index is 0.0384. The van der Waals surface area contributed by atoms with Crippen LogP contribution >= 0.6 is 0 Å². The molecule has 0 radical (unpaired) electrons. The van der Waals surface area contributed by atoms with E-state index in [1.54, 1.807) is 12.1 Å². The molecular weight excluding hydrogens is 1150 g/mol. The van der Waals surface area contributed by atoms with E-state index in [0.29, 0.717) is 72.6 Å². The number of ether oxygens (including phenoxy) is 12. The van der Waals surface area contributed by atoms with Gasteiger partial charge in [-0.25, -0.2) is 0 Å². The van der Waals surface area contributed by atoms with Crippen LogP contribution in [0.5, 0.6) is 46.0 Å². The average Bonchev–Trinajstić information content (AvgIpc) is 0.983. The van der Waals surface area contributed by atoms with E-state index >= 15 is 0 Å². The van der Waals surface area contributed by atoms with Crippen molar-refractivity contribution in [2.75, 3.05) is 106 Å². The van der Waals surface area contributed by atoms with Gasteiger partial charge in [-0.2, -0.15) is 0 Å². The molecule has 5 aliphatic rings. The molecule has 12 bridgehead atoms. The molecule has 90 heavy (non-hydrogen) atoms. The third-order valence-corrected chi connectivity index (χ3v) is 16.0. The first-order valence-electron chi connectivity index (χ1n) is 31.5. The van der Waals surface area contributed by atoms with Gasteiger partial charge in [0.25, 0.3) is 11.4 Å². The van der Waals surface area contributed by atoms with Crippen LogP contribution in [0.15, 0.2) is 97.1 Å². The van der Waals surface area contributed by atoms with Gasteiger partial charge >= 0.3 is 0 Å². The summed E-state index contributed by atoms with van der Waals surface area (Å²) in [4.78, 5) is 24.7. The summed E-state index contributed by atoms with van der Waals surface area (Å²) >= 11 is 0. The lowest BCUT2D eigenvalue weighted by atomic mass is 9.71. The maximum absolute atomic E-state index is 12.7. The van der Waals surface area contributed by atoms with Crippen LogP contribution in [-0.2, 0) is 55.5 Å². The topological polar surface area (TPSA) is 197 Å². The molecular formula is C72H90N2O16. The second kappa shape index (κ2) is 30.0. The van der Waals surface area contributed by atoms with Gasteiger partial charge < -0.3 is 56.8 Å². The first-order chi connectivity index (χ1) is 43.0. The lowest BCUT2D eigenvalue weighted by Crippen LogP contribution is -2.26. The summed E-state index contributed by atoms with van der Waals surface area (Å²) in [5.74, 6) is 4.10. The number of benzene rings is 6. The fourth-order valence-corrected chi connectivity index (χ4v) is 13.1. The number of para-hydroxylation sites is 4. The van der Waals surface area contributed by atoms with Crippen LogP contribution in [0.25, 0.3) is 0 Å². The summed E-state index contributed by atoms with van der Waals surface area (Å²) in [6, 6.07) is 31.4. The molecule has 1 aliphatic carbocycles. The number of rotatable bonds is 6. The van der Waals surface area contributed by atoms with Crippen LogP contribution in [0.3, 0.4) is 0 Å². The van der Waals surface area contributed by atoms with E-state index in [4.69, 9.17) is 56.8 Å². The van der Waals surface area contributed by atoms with Crippen molar-refractivity contribution in [2.24, 2.45) is 10.8 Å². The second-order valence-corrected chi connectivity index (χ2v) is 27.0. The molecule has 0 spiro atoms. The highest BCUT2D eigenvalue weighted by molar-refractivity contribution is 5.59. The number of hydrogen-bond donors (Lipinski definition) is 0. The van der Waals surface area contributed by atoms with Gasteiger partial charge in [0.15, 0.2) is 23.0 Å². The van der Waals surface area contributed by atoms with Gasteiger partial charge in [-0.1, -0.05) is 142 Å². The summed E-state index contributed by atoms with van der Waals surface area (Å²) in [5.41, 5.74) is 7.19. The van der Waals surface area contributed by atoms with Crippen molar-refractivity contribution in [1.82, 2.24) is 0 Å². The third kappa shape index (κ3) is 17.9. The SMILES string of the molecule is CC(C)(C)CC(C)(C)c1cc2c(cc1[N+](=O)[O-])OCCOCCOc1c3cccc1Cc1cccc4c1OCCOCCOc1cc(C(C)(C)CC(C)(C)C)c([N+](=O)[O-])cc1OCCOCCOc1c(cccc1Cc1cccc(c1OCCOCCO2)C4)C3. The van der Waals surface area contributed by atoms with Gasteiger partial charge in [-0.15, -0.1) is 0 Å². The van der Waals surface area contributed by atoms with E-state index in [2.05, 4.69) is 114 Å². The van der Waals surface area contributed by atoms with E-state index in [-0.39, 0.29) is 149 Å². The Balaban J connectivity index is 1.07. The van der Waals surface area contributed by atoms with E-state index < -0.39 is 10.8 Å². The highest BCUT2D eigenvalue weighted by atomic mass is 16.6. The molecule has 484 valence electrons. The van der Waals surface area contributed by atoms with Crippen molar-refractivity contribution in [2.45, 2.75) is 119 Å². The number of hydrogen-bond acceptors (Lipinski definition) is 16. The van der Waals surface area contributed by atoms with E-state index in [1.165, 1.54) is 12.1 Å². The molecule has 6 aromatic carbocycles. The highest BCUT2D eigenvalue weighted by Crippen LogP contribution is 2.47. The Kier molecular flexibility index (Phi) is 22.2. The molecule has 0 fully saturated rings. The van der Waals surface area contributed by atoms with Crippen LogP contribution in [0.2, 0.25) is 0 Å². The van der Waals surface area contributed by atoms with Crippen LogP contribution in [0.1, 0.15) is 138 Å². The monoisotopic (exact) mass is 1240 g/mol. The van der Waals surface area contributed by atoms with Gasteiger partial charge in [0.05, 0.1) is 74.8 Å². The standard InChI is InChI=1S/C72H90N2O16/c1-69(2,3)47-71(7,8)57-43-61-63(45-59(57)73(75)76)85-33-25-81-29-37-89-67-53-19-13-21-55(67)42-56-22-14-20-54-40-51-17-11-15-49(65(51)87-35-27-79-23-31-83-61)39-50-16-12-18-52(41-53)66(50)88-36-28-80-24-32-84-62-44-58(72(9,10)48-70(4,5)6)60(74(77)78)46-64(62)86-34-26-82-30-38-90-68(54)56/h11-22,43-46H,23-42,47-48H2,1-10H3. The Labute approximate surface area is 530 Å². The lowest BCUT2D eigenvalue weighted by molar-refractivity contribution is -0.386. The van der Waals surface area contributed by atoms with Crippen LogP contribution in [-0.4, -0.2) is 116 Å². The summed E-state index contributed by atoms with van der Waals surface area (Å²) < 4.78 is 77.5. The van der Waals surface area contributed by atoms with Gasteiger partial charge in [-0.3, -0.25) is 20.2 Å². The molecule has 18 heteroatoms. The van der Waals surface area contributed by atoms with Crippen molar-refractivity contribution < 1.29 is 66.7 Å². The van der Waals surface area contributed by atoms with Crippen LogP contribution in [0.4, 0.5) is 11.4 Å². The highest BCUT2D eigenvalue weighted by Gasteiger charge is 2.37. The number of nitrogens with zero attached hydrogens (tertiary/aromatic N) is 2. The van der Waals surface area contributed by atoms with Crippen LogP contribution < -0.4 is 37.9 Å². The maximum Gasteiger partial charge on any atom is 0.277 e. The Morgan fingerprint density at radius 2 is 0.533 bits per heavy atom. The molecule has 11 rings (SSSR count). The predicted molar refractivity (Wildman–Crippen MR) is 345 cm³/mol. The van der Waals surface area contributed by atoms with E-state index in [9.17, 15) is 20.2 Å². The first kappa shape index (κ1) is 66.8. The summed E-state index contributed by atoms with van der Waals surface area (Å²) in [7, 11) is 0. The Bertz CT molecular complexity index is 3210. The Morgan fingerprint density at radius 1 is 0.322 bits per heavy atom. The zero-order chi connectivity index (χ0) is 64.1. The van der Waals surface area contributed by atoms with Crippen molar-refractivity contribution in [3.05, 3.63) is 173 Å². The maximum atomic E-state index is 12.7. The molecule has 0 unspecified atom stereocenters. The molecule has 18 nitrogen and oxygen atoms in total. The average molecular weight is 1240 g/mol. The largest absolute Gasteiger partial charge is 0.491 e. The van der Waals surface area contributed by atoms with E-state index in [1.807, 2.05) is 27.7 Å². The molecule has 6 aromatic rings. The Hall–Kier alpha value is -7.64. The van der Waals surface area contributed by atoms with Gasteiger partial charge in [0.1, 0.15) is 75.9 Å². The fourth-order valence-electron chi connectivity index (χ4n) is 13.1. The quantitative estimate of drug-likeness (QED) is 0.0865. The van der Waals surface area contributed by atoms with Gasteiger partial charge in [0.2, 0.25) is 0 Å². The number of nitro benzene ring substituents is 2. The number of fused-ring (bicyclic) bond motifs is 24. The zero-order valence-electron chi connectivity index (χ0n) is 54.2. The predicted octanol–water partition coefficient (Wildman–Crippen LogP) is 14.1. The van der Waals surface area contributed by atoms with Crippen molar-refractivity contribution in [3.8, 4) is 46.0 Å². The van der Waals surface area contributed by atoms with Crippen molar-refractivity contribution >= 4 is 11.4 Å². The second-order valence-electron chi connectivity index (χ2n) is 27.0. The van der Waals surface area contributed by atoms with Crippen LogP contribution in [0, 0.1) is 31.1 Å². The minimum atomic E-state index is -0.572.